The maximum absolute atomic E-state index is 9.69. The van der Waals surface area contributed by atoms with Crippen molar-refractivity contribution in [1.82, 2.24) is 10.2 Å². The SMILES string of the molecule is C#CCN(C1CC1)[C@@H]1CNC[C@H]1O. The molecule has 1 heterocycles. The molecular weight excluding hydrogens is 164 g/mol. The summed E-state index contributed by atoms with van der Waals surface area (Å²) in [5, 5.41) is 12.9. The molecule has 2 aliphatic rings. The Morgan fingerprint density at radius 3 is 2.69 bits per heavy atom. The number of nitrogens with one attached hydrogen (secondary N) is 1. The van der Waals surface area contributed by atoms with E-state index < -0.39 is 0 Å². The van der Waals surface area contributed by atoms with Crippen molar-refractivity contribution in [3.05, 3.63) is 0 Å². The van der Waals surface area contributed by atoms with Gasteiger partial charge in [0, 0.05) is 19.1 Å². The van der Waals surface area contributed by atoms with E-state index in [9.17, 15) is 5.11 Å². The van der Waals surface area contributed by atoms with Crippen LogP contribution in [0.4, 0.5) is 0 Å². The molecule has 2 atom stereocenters. The van der Waals surface area contributed by atoms with Crippen molar-refractivity contribution >= 4 is 0 Å². The van der Waals surface area contributed by atoms with E-state index >= 15 is 0 Å². The molecule has 1 aliphatic heterocycles. The summed E-state index contributed by atoms with van der Waals surface area (Å²) >= 11 is 0. The first-order valence-electron chi connectivity index (χ1n) is 4.91. The fourth-order valence-corrected chi connectivity index (χ4v) is 2.02. The molecule has 0 unspecified atom stereocenters. The van der Waals surface area contributed by atoms with E-state index in [-0.39, 0.29) is 12.1 Å². The van der Waals surface area contributed by atoms with Crippen LogP contribution in [0.25, 0.3) is 0 Å². The number of β-amino-alcohol motifs (C(OH)–C–C–N with tert-alkyl or cyclic N) is 1. The monoisotopic (exact) mass is 180 g/mol. The average molecular weight is 180 g/mol. The average Bonchev–Trinajstić information content (AvgIpc) is 2.86. The number of aliphatic hydroxyl groups excluding tert-OH is 1. The number of aliphatic hydroxyl groups is 1. The molecule has 3 heteroatoms. The Hall–Kier alpha value is -0.560. The Labute approximate surface area is 79.1 Å². The number of nitrogens with zero attached hydrogens (tertiary/aromatic N) is 1. The third kappa shape index (κ3) is 1.86. The predicted molar refractivity (Wildman–Crippen MR) is 51.2 cm³/mol. The van der Waals surface area contributed by atoms with E-state index in [1.807, 2.05) is 0 Å². The van der Waals surface area contributed by atoms with Gasteiger partial charge in [0.25, 0.3) is 0 Å². The van der Waals surface area contributed by atoms with Crippen LogP contribution in [0.3, 0.4) is 0 Å². The summed E-state index contributed by atoms with van der Waals surface area (Å²) in [5.41, 5.74) is 0. The normalized spacial score (nSPS) is 33.6. The molecule has 0 amide bonds. The summed E-state index contributed by atoms with van der Waals surface area (Å²) in [6.07, 6.45) is 7.55. The fourth-order valence-electron chi connectivity index (χ4n) is 2.02. The van der Waals surface area contributed by atoms with Crippen LogP contribution in [0, 0.1) is 12.3 Å². The smallest absolute Gasteiger partial charge is 0.0832 e. The van der Waals surface area contributed by atoms with Crippen molar-refractivity contribution in [3.8, 4) is 12.3 Å². The van der Waals surface area contributed by atoms with E-state index in [0.717, 1.165) is 6.54 Å². The molecule has 13 heavy (non-hydrogen) atoms. The Morgan fingerprint density at radius 1 is 1.46 bits per heavy atom. The lowest BCUT2D eigenvalue weighted by Gasteiger charge is -2.28. The first-order valence-corrected chi connectivity index (χ1v) is 4.91. The Kier molecular flexibility index (Phi) is 2.54. The van der Waals surface area contributed by atoms with Crippen molar-refractivity contribution in [2.45, 2.75) is 31.0 Å². The Morgan fingerprint density at radius 2 is 2.23 bits per heavy atom. The first-order chi connectivity index (χ1) is 6.33. The summed E-state index contributed by atoms with van der Waals surface area (Å²) in [6, 6.07) is 0.874. The highest BCUT2D eigenvalue weighted by Gasteiger charge is 2.38. The van der Waals surface area contributed by atoms with E-state index in [0.29, 0.717) is 19.1 Å². The lowest BCUT2D eigenvalue weighted by atomic mass is 10.2. The summed E-state index contributed by atoms with van der Waals surface area (Å²) in [5.74, 6) is 2.67. The van der Waals surface area contributed by atoms with Crippen LogP contribution in [0.1, 0.15) is 12.8 Å². The minimum atomic E-state index is -0.242. The highest BCUT2D eigenvalue weighted by atomic mass is 16.3. The first kappa shape index (κ1) is 9.01. The summed E-state index contributed by atoms with van der Waals surface area (Å²) < 4.78 is 0. The molecule has 1 saturated heterocycles. The van der Waals surface area contributed by atoms with Crippen molar-refractivity contribution in [1.29, 1.82) is 0 Å². The molecule has 0 aromatic carbocycles. The van der Waals surface area contributed by atoms with Crippen LogP contribution < -0.4 is 5.32 Å². The van der Waals surface area contributed by atoms with Gasteiger partial charge in [-0.05, 0) is 12.8 Å². The highest BCUT2D eigenvalue weighted by molar-refractivity contribution is 5.01. The van der Waals surface area contributed by atoms with Crippen LogP contribution in [-0.2, 0) is 0 Å². The van der Waals surface area contributed by atoms with Crippen LogP contribution in [0.15, 0.2) is 0 Å². The molecule has 0 bridgehead atoms. The quantitative estimate of drug-likeness (QED) is 0.570. The van der Waals surface area contributed by atoms with Crippen LogP contribution in [0.5, 0.6) is 0 Å². The van der Waals surface area contributed by atoms with E-state index in [1.54, 1.807) is 0 Å². The predicted octanol–water partition coefficient (Wildman–Crippen LogP) is -0.583. The molecule has 0 aromatic rings. The van der Waals surface area contributed by atoms with Gasteiger partial charge < -0.3 is 10.4 Å². The van der Waals surface area contributed by atoms with Crippen molar-refractivity contribution in [3.63, 3.8) is 0 Å². The molecule has 1 saturated carbocycles. The summed E-state index contributed by atoms with van der Waals surface area (Å²) in [4.78, 5) is 2.27. The molecule has 72 valence electrons. The van der Waals surface area contributed by atoms with Crippen LogP contribution in [-0.4, -0.2) is 47.8 Å². The standard InChI is InChI=1S/C10H16N2O/c1-2-5-12(8-3-4-8)9-6-11-7-10(9)13/h1,8-11,13H,3-7H2/t9-,10-/m1/s1. The largest absolute Gasteiger partial charge is 0.390 e. The lowest BCUT2D eigenvalue weighted by Crippen LogP contribution is -2.44. The minimum Gasteiger partial charge on any atom is -0.390 e. The Balaban J connectivity index is 1.97. The van der Waals surface area contributed by atoms with Gasteiger partial charge in [0.2, 0.25) is 0 Å². The van der Waals surface area contributed by atoms with Crippen molar-refractivity contribution < 1.29 is 5.11 Å². The van der Waals surface area contributed by atoms with Gasteiger partial charge in [-0.2, -0.15) is 0 Å². The number of hydrogen-bond acceptors (Lipinski definition) is 3. The van der Waals surface area contributed by atoms with Crippen LogP contribution >= 0.6 is 0 Å². The lowest BCUT2D eigenvalue weighted by molar-refractivity contribution is 0.0869. The topological polar surface area (TPSA) is 35.5 Å². The van der Waals surface area contributed by atoms with Gasteiger partial charge in [0.05, 0.1) is 18.7 Å². The van der Waals surface area contributed by atoms with E-state index in [4.69, 9.17) is 6.42 Å². The molecule has 0 aromatic heterocycles. The third-order valence-electron chi connectivity index (χ3n) is 2.87. The number of hydrogen-bond donors (Lipinski definition) is 2. The molecule has 2 rings (SSSR count). The van der Waals surface area contributed by atoms with Crippen molar-refractivity contribution in [2.24, 2.45) is 0 Å². The van der Waals surface area contributed by atoms with Gasteiger partial charge >= 0.3 is 0 Å². The zero-order valence-electron chi connectivity index (χ0n) is 7.74. The highest BCUT2D eigenvalue weighted by Crippen LogP contribution is 2.29. The molecule has 2 N–H and O–H groups in total. The fraction of sp³-hybridized carbons (Fsp3) is 0.800. The minimum absolute atomic E-state index is 0.239. The van der Waals surface area contributed by atoms with Gasteiger partial charge in [-0.25, -0.2) is 0 Å². The number of terminal acetylenes is 1. The zero-order valence-corrected chi connectivity index (χ0v) is 7.74. The van der Waals surface area contributed by atoms with Gasteiger partial charge in [-0.15, -0.1) is 6.42 Å². The number of rotatable bonds is 3. The summed E-state index contributed by atoms with van der Waals surface area (Å²) in [7, 11) is 0. The van der Waals surface area contributed by atoms with E-state index in [1.165, 1.54) is 12.8 Å². The van der Waals surface area contributed by atoms with E-state index in [2.05, 4.69) is 16.1 Å². The van der Waals surface area contributed by atoms with Gasteiger partial charge in [-0.1, -0.05) is 5.92 Å². The second-order valence-electron chi connectivity index (χ2n) is 3.90. The molecule has 3 nitrogen and oxygen atoms in total. The molecule has 0 spiro atoms. The Bertz CT molecular complexity index is 219. The van der Waals surface area contributed by atoms with Crippen molar-refractivity contribution in [2.75, 3.05) is 19.6 Å². The third-order valence-corrected chi connectivity index (χ3v) is 2.87. The second kappa shape index (κ2) is 3.67. The summed E-state index contributed by atoms with van der Waals surface area (Å²) in [6.45, 7) is 2.26. The molecular formula is C10H16N2O. The maximum Gasteiger partial charge on any atom is 0.0832 e. The molecule has 0 radical (unpaired) electrons. The maximum atomic E-state index is 9.69. The van der Waals surface area contributed by atoms with Gasteiger partial charge in [-0.3, -0.25) is 4.90 Å². The molecule has 1 aliphatic carbocycles. The van der Waals surface area contributed by atoms with Gasteiger partial charge in [0.15, 0.2) is 0 Å². The van der Waals surface area contributed by atoms with Gasteiger partial charge in [0.1, 0.15) is 0 Å². The van der Waals surface area contributed by atoms with Crippen LogP contribution in [0.2, 0.25) is 0 Å². The zero-order chi connectivity index (χ0) is 9.26. The second-order valence-corrected chi connectivity index (χ2v) is 3.90. The molecule has 2 fully saturated rings.